The third-order valence-corrected chi connectivity index (χ3v) is 3.21. The smallest absolute Gasteiger partial charge is 0.126 e. The fourth-order valence-corrected chi connectivity index (χ4v) is 1.91. The molecule has 0 spiro atoms. The van der Waals surface area contributed by atoms with Crippen molar-refractivity contribution in [3.05, 3.63) is 46.0 Å². The predicted octanol–water partition coefficient (Wildman–Crippen LogP) is 3.33. The van der Waals surface area contributed by atoms with Crippen molar-refractivity contribution in [2.24, 2.45) is 0 Å². The summed E-state index contributed by atoms with van der Waals surface area (Å²) in [7, 11) is 0. The Morgan fingerprint density at radius 1 is 1.39 bits per heavy atom. The van der Waals surface area contributed by atoms with Gasteiger partial charge < -0.3 is 5.11 Å². The second-order valence-corrected chi connectivity index (χ2v) is 4.75. The standard InChI is InChI=1S/C13H14ClFN2O/c1-7-4-13(10(9(3)18)5-12(7)15)17-6-11(14)8(2)16-17/h4-6,9,18H,1-3H3/t9-/m0/s1. The maximum Gasteiger partial charge on any atom is 0.126 e. The molecule has 0 saturated carbocycles. The van der Waals surface area contributed by atoms with Crippen LogP contribution in [-0.2, 0) is 0 Å². The fraction of sp³-hybridized carbons (Fsp3) is 0.308. The molecule has 0 saturated heterocycles. The van der Waals surface area contributed by atoms with Crippen molar-refractivity contribution in [1.82, 2.24) is 9.78 Å². The van der Waals surface area contributed by atoms with E-state index >= 15 is 0 Å². The fourth-order valence-electron chi connectivity index (χ4n) is 1.78. The summed E-state index contributed by atoms with van der Waals surface area (Å²) >= 11 is 5.96. The first kappa shape index (κ1) is 13.1. The van der Waals surface area contributed by atoms with Crippen LogP contribution in [0.2, 0.25) is 5.02 Å². The van der Waals surface area contributed by atoms with E-state index in [0.29, 0.717) is 27.5 Å². The van der Waals surface area contributed by atoms with Crippen molar-refractivity contribution >= 4 is 11.6 Å². The van der Waals surface area contributed by atoms with Crippen LogP contribution >= 0.6 is 11.6 Å². The van der Waals surface area contributed by atoms with Gasteiger partial charge in [0.1, 0.15) is 5.82 Å². The molecule has 0 aliphatic rings. The van der Waals surface area contributed by atoms with E-state index in [2.05, 4.69) is 5.10 Å². The lowest BCUT2D eigenvalue weighted by atomic mass is 10.1. The molecule has 3 nitrogen and oxygen atoms in total. The van der Waals surface area contributed by atoms with Crippen LogP contribution in [-0.4, -0.2) is 14.9 Å². The van der Waals surface area contributed by atoms with Crippen LogP contribution in [0.1, 0.15) is 29.8 Å². The number of halogens is 2. The number of hydrogen-bond donors (Lipinski definition) is 1. The Labute approximate surface area is 110 Å². The van der Waals surface area contributed by atoms with Gasteiger partial charge in [0, 0.05) is 11.8 Å². The monoisotopic (exact) mass is 268 g/mol. The molecule has 18 heavy (non-hydrogen) atoms. The molecule has 5 heteroatoms. The van der Waals surface area contributed by atoms with E-state index < -0.39 is 6.10 Å². The molecule has 0 amide bonds. The molecule has 96 valence electrons. The lowest BCUT2D eigenvalue weighted by molar-refractivity contribution is 0.198. The van der Waals surface area contributed by atoms with Gasteiger partial charge in [-0.3, -0.25) is 0 Å². The number of aromatic nitrogens is 2. The van der Waals surface area contributed by atoms with Crippen molar-refractivity contribution in [3.8, 4) is 5.69 Å². The Kier molecular flexibility index (Phi) is 3.41. The van der Waals surface area contributed by atoms with Crippen LogP contribution in [0, 0.1) is 19.7 Å². The molecule has 0 aliphatic heterocycles. The minimum atomic E-state index is -0.779. The third-order valence-electron chi connectivity index (χ3n) is 2.84. The Morgan fingerprint density at radius 2 is 2.06 bits per heavy atom. The van der Waals surface area contributed by atoms with Gasteiger partial charge in [0.05, 0.1) is 22.5 Å². The van der Waals surface area contributed by atoms with E-state index in [1.54, 1.807) is 37.7 Å². The van der Waals surface area contributed by atoms with Crippen LogP contribution in [0.3, 0.4) is 0 Å². The minimum absolute atomic E-state index is 0.343. The van der Waals surface area contributed by atoms with Crippen molar-refractivity contribution < 1.29 is 9.50 Å². The molecule has 0 aliphatic carbocycles. The van der Waals surface area contributed by atoms with Gasteiger partial charge in [-0.2, -0.15) is 5.10 Å². The Hall–Kier alpha value is -1.39. The van der Waals surface area contributed by atoms with Crippen LogP contribution in [0.15, 0.2) is 18.3 Å². The van der Waals surface area contributed by atoms with Crippen molar-refractivity contribution in [2.75, 3.05) is 0 Å². The third kappa shape index (κ3) is 2.26. The van der Waals surface area contributed by atoms with E-state index in [1.807, 2.05) is 0 Å². The Balaban J connectivity index is 2.65. The highest BCUT2D eigenvalue weighted by Crippen LogP contribution is 2.26. The molecule has 0 fully saturated rings. The molecule has 1 N–H and O–H groups in total. The van der Waals surface area contributed by atoms with E-state index in [-0.39, 0.29) is 5.82 Å². The second-order valence-electron chi connectivity index (χ2n) is 4.34. The van der Waals surface area contributed by atoms with Crippen molar-refractivity contribution in [2.45, 2.75) is 26.9 Å². The summed E-state index contributed by atoms with van der Waals surface area (Å²) in [6.45, 7) is 5.05. The first-order chi connectivity index (χ1) is 8.40. The average Bonchev–Trinajstić information content (AvgIpc) is 2.62. The average molecular weight is 269 g/mol. The zero-order valence-electron chi connectivity index (χ0n) is 10.4. The molecule has 0 bridgehead atoms. The van der Waals surface area contributed by atoms with Crippen molar-refractivity contribution in [3.63, 3.8) is 0 Å². The topological polar surface area (TPSA) is 38.0 Å². The highest BCUT2D eigenvalue weighted by Gasteiger charge is 2.15. The van der Waals surface area contributed by atoms with E-state index in [0.717, 1.165) is 0 Å². The molecule has 2 rings (SSSR count). The maximum atomic E-state index is 13.6. The van der Waals surface area contributed by atoms with Gasteiger partial charge >= 0.3 is 0 Å². The molecule has 0 radical (unpaired) electrons. The number of rotatable bonds is 2. The maximum absolute atomic E-state index is 13.6. The molecule has 1 atom stereocenters. The number of nitrogens with zero attached hydrogens (tertiary/aromatic N) is 2. The Morgan fingerprint density at radius 3 is 2.56 bits per heavy atom. The number of aliphatic hydroxyl groups is 1. The predicted molar refractivity (Wildman–Crippen MR) is 68.6 cm³/mol. The van der Waals surface area contributed by atoms with E-state index in [1.165, 1.54) is 6.07 Å². The number of hydrogen-bond acceptors (Lipinski definition) is 2. The SMILES string of the molecule is Cc1cc(-n2cc(Cl)c(C)n2)c([C@H](C)O)cc1F. The summed E-state index contributed by atoms with van der Waals surface area (Å²) in [5.41, 5.74) is 2.31. The number of aliphatic hydroxyl groups excluding tert-OH is 1. The first-order valence-electron chi connectivity index (χ1n) is 5.60. The van der Waals surface area contributed by atoms with Crippen LogP contribution in [0.25, 0.3) is 5.69 Å². The van der Waals surface area contributed by atoms with Gasteiger partial charge in [-0.25, -0.2) is 9.07 Å². The summed E-state index contributed by atoms with van der Waals surface area (Å²) in [6.07, 6.45) is 0.869. The van der Waals surface area contributed by atoms with Crippen LogP contribution < -0.4 is 0 Å². The van der Waals surface area contributed by atoms with Gasteiger partial charge in [-0.1, -0.05) is 11.6 Å². The summed E-state index contributed by atoms with van der Waals surface area (Å²) < 4.78 is 15.1. The second kappa shape index (κ2) is 4.71. The van der Waals surface area contributed by atoms with E-state index in [9.17, 15) is 9.50 Å². The van der Waals surface area contributed by atoms with Gasteiger partial charge in [-0.05, 0) is 38.5 Å². The lowest BCUT2D eigenvalue weighted by Gasteiger charge is -2.13. The zero-order chi connectivity index (χ0) is 13.4. The first-order valence-corrected chi connectivity index (χ1v) is 5.98. The molecule has 1 aromatic heterocycles. The Bertz CT molecular complexity index is 573. The largest absolute Gasteiger partial charge is 0.389 e. The lowest BCUT2D eigenvalue weighted by Crippen LogP contribution is -2.05. The molecule has 2 aromatic rings. The highest BCUT2D eigenvalue weighted by molar-refractivity contribution is 6.31. The van der Waals surface area contributed by atoms with Crippen molar-refractivity contribution in [1.29, 1.82) is 0 Å². The molecule has 1 aromatic carbocycles. The normalized spacial score (nSPS) is 12.8. The molecular formula is C13H14ClFN2O. The summed E-state index contributed by atoms with van der Waals surface area (Å²) in [5, 5.41) is 14.5. The summed E-state index contributed by atoms with van der Waals surface area (Å²) in [4.78, 5) is 0. The van der Waals surface area contributed by atoms with Crippen LogP contribution in [0.5, 0.6) is 0 Å². The van der Waals surface area contributed by atoms with Gasteiger partial charge in [-0.15, -0.1) is 0 Å². The summed E-state index contributed by atoms with van der Waals surface area (Å²) in [5.74, 6) is -0.343. The molecular weight excluding hydrogens is 255 g/mol. The van der Waals surface area contributed by atoms with E-state index in [4.69, 9.17) is 11.6 Å². The number of aryl methyl sites for hydroxylation is 2. The number of benzene rings is 1. The van der Waals surface area contributed by atoms with Gasteiger partial charge in [0.2, 0.25) is 0 Å². The van der Waals surface area contributed by atoms with Crippen LogP contribution in [0.4, 0.5) is 4.39 Å². The highest BCUT2D eigenvalue weighted by atomic mass is 35.5. The quantitative estimate of drug-likeness (QED) is 0.907. The summed E-state index contributed by atoms with van der Waals surface area (Å²) in [6, 6.07) is 2.99. The molecule has 1 heterocycles. The van der Waals surface area contributed by atoms with Gasteiger partial charge in [0.25, 0.3) is 0 Å². The minimum Gasteiger partial charge on any atom is -0.389 e. The van der Waals surface area contributed by atoms with Gasteiger partial charge in [0.15, 0.2) is 0 Å². The zero-order valence-corrected chi connectivity index (χ0v) is 11.2. The molecule has 0 unspecified atom stereocenters.